The van der Waals surface area contributed by atoms with Crippen molar-refractivity contribution in [1.29, 1.82) is 0 Å². The Morgan fingerprint density at radius 3 is 3.00 bits per heavy atom. The maximum absolute atomic E-state index is 3.48. The summed E-state index contributed by atoms with van der Waals surface area (Å²) >= 11 is 0. The van der Waals surface area contributed by atoms with Crippen LogP contribution in [0.4, 0.5) is 0 Å². The number of hydrogen-bond acceptors (Lipinski definition) is 1. The lowest BCUT2D eigenvalue weighted by Crippen LogP contribution is -2.22. The average Bonchev–Trinajstić information content (AvgIpc) is 2.04. The molecule has 1 nitrogen and oxygen atoms in total. The van der Waals surface area contributed by atoms with E-state index in [0.29, 0.717) is 0 Å². The standard InChI is InChI=1S/C10H15N/c1-8-6-9-4-2-3-5-10(9)11-7-8/h6,11H,2-5,7H2,1H3. The van der Waals surface area contributed by atoms with Gasteiger partial charge in [0, 0.05) is 12.2 Å². The van der Waals surface area contributed by atoms with E-state index in [1.54, 1.807) is 5.57 Å². The zero-order chi connectivity index (χ0) is 7.68. The summed E-state index contributed by atoms with van der Waals surface area (Å²) in [4.78, 5) is 0. The largest absolute Gasteiger partial charge is 0.384 e. The molecule has 0 bridgehead atoms. The van der Waals surface area contributed by atoms with Crippen molar-refractivity contribution >= 4 is 0 Å². The van der Waals surface area contributed by atoms with Crippen LogP contribution < -0.4 is 5.32 Å². The molecule has 1 aliphatic carbocycles. The highest BCUT2D eigenvalue weighted by Crippen LogP contribution is 2.26. The van der Waals surface area contributed by atoms with Crippen molar-refractivity contribution in [3.8, 4) is 0 Å². The van der Waals surface area contributed by atoms with Gasteiger partial charge in [0.2, 0.25) is 0 Å². The summed E-state index contributed by atoms with van der Waals surface area (Å²) in [6.45, 7) is 3.27. The van der Waals surface area contributed by atoms with Crippen molar-refractivity contribution < 1.29 is 0 Å². The Bertz CT molecular complexity index is 223. The Morgan fingerprint density at radius 1 is 1.27 bits per heavy atom. The quantitative estimate of drug-likeness (QED) is 0.557. The molecule has 0 amide bonds. The van der Waals surface area contributed by atoms with Crippen molar-refractivity contribution in [2.45, 2.75) is 32.6 Å². The fraction of sp³-hybridized carbons (Fsp3) is 0.600. The molecule has 0 fully saturated rings. The second-order valence-corrected chi connectivity index (χ2v) is 3.56. The maximum Gasteiger partial charge on any atom is 0.0357 e. The van der Waals surface area contributed by atoms with E-state index in [2.05, 4.69) is 18.3 Å². The minimum atomic E-state index is 1.07. The van der Waals surface area contributed by atoms with Gasteiger partial charge in [-0.3, -0.25) is 0 Å². The van der Waals surface area contributed by atoms with Crippen LogP contribution in [0, 0.1) is 0 Å². The van der Waals surface area contributed by atoms with Crippen LogP contribution >= 0.6 is 0 Å². The molecular formula is C10H15N. The molecule has 0 saturated carbocycles. The lowest BCUT2D eigenvalue weighted by atomic mass is 9.92. The number of dihydropyridines is 1. The van der Waals surface area contributed by atoms with Crippen LogP contribution in [0.25, 0.3) is 0 Å². The number of allylic oxidation sites excluding steroid dienone is 3. The Hall–Kier alpha value is -0.720. The molecule has 0 aromatic carbocycles. The predicted molar refractivity (Wildman–Crippen MR) is 47.3 cm³/mol. The van der Waals surface area contributed by atoms with Crippen molar-refractivity contribution in [1.82, 2.24) is 5.32 Å². The Balaban J connectivity index is 2.25. The van der Waals surface area contributed by atoms with Gasteiger partial charge in [-0.2, -0.15) is 0 Å². The van der Waals surface area contributed by atoms with Gasteiger partial charge in [-0.1, -0.05) is 11.6 Å². The molecule has 0 radical (unpaired) electrons. The summed E-state index contributed by atoms with van der Waals surface area (Å²) in [7, 11) is 0. The predicted octanol–water partition coefficient (Wildman–Crippen LogP) is 2.36. The highest BCUT2D eigenvalue weighted by atomic mass is 14.9. The lowest BCUT2D eigenvalue weighted by molar-refractivity contribution is 0.624. The Kier molecular flexibility index (Phi) is 1.72. The molecule has 0 aromatic heterocycles. The van der Waals surface area contributed by atoms with Crippen LogP contribution in [0.1, 0.15) is 32.6 Å². The van der Waals surface area contributed by atoms with Crippen molar-refractivity contribution in [3.63, 3.8) is 0 Å². The lowest BCUT2D eigenvalue weighted by Gasteiger charge is -2.24. The Labute approximate surface area is 68.2 Å². The first-order chi connectivity index (χ1) is 5.36. The van der Waals surface area contributed by atoms with Crippen molar-refractivity contribution in [2.75, 3.05) is 6.54 Å². The average molecular weight is 149 g/mol. The van der Waals surface area contributed by atoms with E-state index in [9.17, 15) is 0 Å². The van der Waals surface area contributed by atoms with Gasteiger partial charge >= 0.3 is 0 Å². The topological polar surface area (TPSA) is 12.0 Å². The van der Waals surface area contributed by atoms with Gasteiger partial charge < -0.3 is 5.32 Å². The van der Waals surface area contributed by atoms with Gasteiger partial charge in [-0.25, -0.2) is 0 Å². The summed E-state index contributed by atoms with van der Waals surface area (Å²) in [5.41, 5.74) is 4.56. The minimum Gasteiger partial charge on any atom is -0.384 e. The number of rotatable bonds is 0. The molecule has 2 rings (SSSR count). The van der Waals surface area contributed by atoms with Gasteiger partial charge in [0.15, 0.2) is 0 Å². The molecule has 1 N–H and O–H groups in total. The first kappa shape index (κ1) is 6.96. The molecule has 1 heteroatoms. The fourth-order valence-electron chi connectivity index (χ4n) is 1.88. The molecule has 1 heterocycles. The Morgan fingerprint density at radius 2 is 2.09 bits per heavy atom. The molecule has 0 aromatic rings. The van der Waals surface area contributed by atoms with E-state index in [0.717, 1.165) is 6.54 Å². The van der Waals surface area contributed by atoms with E-state index in [4.69, 9.17) is 0 Å². The maximum atomic E-state index is 3.48. The number of hydrogen-bond donors (Lipinski definition) is 1. The molecule has 0 spiro atoms. The molecule has 1 aliphatic heterocycles. The summed E-state index contributed by atoms with van der Waals surface area (Å²) in [6.07, 6.45) is 7.69. The molecule has 0 saturated heterocycles. The van der Waals surface area contributed by atoms with E-state index in [-0.39, 0.29) is 0 Å². The highest BCUT2D eigenvalue weighted by molar-refractivity contribution is 5.33. The molecule has 2 aliphatic rings. The zero-order valence-electron chi connectivity index (χ0n) is 7.11. The van der Waals surface area contributed by atoms with Gasteiger partial charge in [-0.15, -0.1) is 0 Å². The van der Waals surface area contributed by atoms with E-state index in [1.807, 2.05) is 0 Å². The van der Waals surface area contributed by atoms with Gasteiger partial charge in [0.05, 0.1) is 0 Å². The third-order valence-electron chi connectivity index (χ3n) is 2.51. The summed E-state index contributed by atoms with van der Waals surface area (Å²) in [5.74, 6) is 0. The fourth-order valence-corrected chi connectivity index (χ4v) is 1.88. The molecule has 60 valence electrons. The second-order valence-electron chi connectivity index (χ2n) is 3.56. The van der Waals surface area contributed by atoms with Crippen LogP contribution in [0.2, 0.25) is 0 Å². The van der Waals surface area contributed by atoms with Crippen LogP contribution in [0.15, 0.2) is 22.9 Å². The number of nitrogens with one attached hydrogen (secondary N) is 1. The molecule has 0 unspecified atom stereocenters. The first-order valence-electron chi connectivity index (χ1n) is 4.49. The van der Waals surface area contributed by atoms with Gasteiger partial charge in [-0.05, 0) is 38.2 Å². The third kappa shape index (κ3) is 1.32. The van der Waals surface area contributed by atoms with Crippen molar-refractivity contribution in [2.24, 2.45) is 0 Å². The summed E-state index contributed by atoms with van der Waals surface area (Å²) in [6, 6.07) is 0. The molecular weight excluding hydrogens is 134 g/mol. The molecule has 0 atom stereocenters. The SMILES string of the molecule is CC1=CC2=C(CCCC2)NC1. The molecule has 11 heavy (non-hydrogen) atoms. The monoisotopic (exact) mass is 149 g/mol. The first-order valence-corrected chi connectivity index (χ1v) is 4.49. The van der Waals surface area contributed by atoms with Crippen LogP contribution in [0.5, 0.6) is 0 Å². The minimum absolute atomic E-state index is 1.07. The van der Waals surface area contributed by atoms with E-state index < -0.39 is 0 Å². The van der Waals surface area contributed by atoms with Crippen LogP contribution in [-0.4, -0.2) is 6.54 Å². The van der Waals surface area contributed by atoms with E-state index in [1.165, 1.54) is 37.0 Å². The van der Waals surface area contributed by atoms with Crippen molar-refractivity contribution in [3.05, 3.63) is 22.9 Å². The smallest absolute Gasteiger partial charge is 0.0357 e. The third-order valence-corrected chi connectivity index (χ3v) is 2.51. The zero-order valence-corrected chi connectivity index (χ0v) is 7.11. The van der Waals surface area contributed by atoms with E-state index >= 15 is 0 Å². The highest BCUT2D eigenvalue weighted by Gasteiger charge is 2.13. The van der Waals surface area contributed by atoms with Crippen LogP contribution in [0.3, 0.4) is 0 Å². The van der Waals surface area contributed by atoms with Gasteiger partial charge in [0.25, 0.3) is 0 Å². The second kappa shape index (κ2) is 2.72. The van der Waals surface area contributed by atoms with Gasteiger partial charge in [0.1, 0.15) is 0 Å². The summed E-state index contributed by atoms with van der Waals surface area (Å²) in [5, 5.41) is 3.48. The van der Waals surface area contributed by atoms with Crippen LogP contribution in [-0.2, 0) is 0 Å². The summed E-state index contributed by atoms with van der Waals surface area (Å²) < 4.78 is 0. The normalized spacial score (nSPS) is 23.9.